The fourth-order valence-corrected chi connectivity index (χ4v) is 3.75. The Balaban J connectivity index is 1.63. The van der Waals surface area contributed by atoms with Gasteiger partial charge in [0, 0.05) is 44.8 Å². The molecule has 0 spiro atoms. The lowest BCUT2D eigenvalue weighted by atomic mass is 10.1. The van der Waals surface area contributed by atoms with Gasteiger partial charge in [0.1, 0.15) is 0 Å². The Labute approximate surface area is 188 Å². The number of guanidine groups is 1. The minimum Gasteiger partial charge on any atom is -0.493 e. The first-order chi connectivity index (χ1) is 15.6. The maximum absolute atomic E-state index is 12.5. The summed E-state index contributed by atoms with van der Waals surface area (Å²) in [6.07, 6.45) is 2.21. The molecular formula is C23H32N4O5. The minimum absolute atomic E-state index is 0.0721. The maximum Gasteiger partial charge on any atom is 0.289 e. The van der Waals surface area contributed by atoms with Crippen LogP contribution in [-0.4, -0.2) is 82.3 Å². The predicted octanol–water partition coefficient (Wildman–Crippen LogP) is 2.27. The van der Waals surface area contributed by atoms with Crippen LogP contribution in [0.2, 0.25) is 0 Å². The smallest absolute Gasteiger partial charge is 0.289 e. The largest absolute Gasteiger partial charge is 0.493 e. The molecule has 1 N–H and O–H groups in total. The van der Waals surface area contributed by atoms with Crippen molar-refractivity contribution in [1.82, 2.24) is 15.1 Å². The number of carbonyl (C=O) groups is 1. The van der Waals surface area contributed by atoms with Gasteiger partial charge < -0.3 is 33.7 Å². The lowest BCUT2D eigenvalue weighted by molar-refractivity contribution is 0.0657. The number of ether oxygens (including phenoxy) is 3. The average molecular weight is 445 g/mol. The zero-order valence-electron chi connectivity index (χ0n) is 19.2. The third-order valence-electron chi connectivity index (χ3n) is 5.36. The number of benzene rings is 1. The number of aliphatic imine (C=N–C) groups is 1. The Morgan fingerprint density at radius 3 is 2.34 bits per heavy atom. The normalized spacial score (nSPS) is 14.3. The van der Waals surface area contributed by atoms with Crippen LogP contribution < -0.4 is 19.5 Å². The highest BCUT2D eigenvalue weighted by Crippen LogP contribution is 2.39. The van der Waals surface area contributed by atoms with Crippen molar-refractivity contribution in [1.29, 1.82) is 0 Å². The Hall–Kier alpha value is -3.36. The van der Waals surface area contributed by atoms with Gasteiger partial charge in [0.15, 0.2) is 23.2 Å². The first-order valence-electron chi connectivity index (χ1n) is 10.8. The standard InChI is InChI=1S/C23H32N4O5/c1-5-24-23(27-14-12-26(13-15-27)22(28)19-7-6-16-32-19)25-11-10-17-8-9-18(29-2)21(31-4)20(17)30-3/h6-9,16H,5,10-15H2,1-4H3,(H,24,25). The van der Waals surface area contributed by atoms with E-state index in [1.807, 2.05) is 24.0 Å². The number of hydrogen-bond acceptors (Lipinski definition) is 6. The highest BCUT2D eigenvalue weighted by atomic mass is 16.5. The summed E-state index contributed by atoms with van der Waals surface area (Å²) < 4.78 is 21.6. The van der Waals surface area contributed by atoms with Gasteiger partial charge in [0.05, 0.1) is 27.6 Å². The highest BCUT2D eigenvalue weighted by molar-refractivity contribution is 5.91. The number of furan rings is 1. The van der Waals surface area contributed by atoms with Crippen LogP contribution in [0.25, 0.3) is 0 Å². The fraction of sp³-hybridized carbons (Fsp3) is 0.478. The van der Waals surface area contributed by atoms with Crippen LogP contribution in [0.4, 0.5) is 0 Å². The van der Waals surface area contributed by atoms with Crippen LogP contribution in [-0.2, 0) is 6.42 Å². The van der Waals surface area contributed by atoms with Crippen molar-refractivity contribution in [3.8, 4) is 17.2 Å². The number of amides is 1. The van der Waals surface area contributed by atoms with E-state index >= 15 is 0 Å². The molecule has 32 heavy (non-hydrogen) atoms. The molecule has 1 aliphatic heterocycles. The molecular weight excluding hydrogens is 412 g/mol. The summed E-state index contributed by atoms with van der Waals surface area (Å²) in [7, 11) is 4.82. The van der Waals surface area contributed by atoms with E-state index in [0.717, 1.165) is 18.1 Å². The van der Waals surface area contributed by atoms with Gasteiger partial charge >= 0.3 is 0 Å². The summed E-state index contributed by atoms with van der Waals surface area (Å²) >= 11 is 0. The monoisotopic (exact) mass is 444 g/mol. The van der Waals surface area contributed by atoms with Crippen molar-refractivity contribution in [2.45, 2.75) is 13.3 Å². The van der Waals surface area contributed by atoms with Crippen LogP contribution in [0.1, 0.15) is 23.0 Å². The van der Waals surface area contributed by atoms with Crippen molar-refractivity contribution in [3.05, 3.63) is 41.9 Å². The molecule has 9 heteroatoms. The Bertz CT molecular complexity index is 905. The van der Waals surface area contributed by atoms with Crippen molar-refractivity contribution >= 4 is 11.9 Å². The highest BCUT2D eigenvalue weighted by Gasteiger charge is 2.25. The van der Waals surface area contributed by atoms with Gasteiger partial charge in [-0.25, -0.2) is 0 Å². The van der Waals surface area contributed by atoms with Gasteiger partial charge in [-0.3, -0.25) is 9.79 Å². The summed E-state index contributed by atoms with van der Waals surface area (Å²) in [5.74, 6) is 3.03. The van der Waals surface area contributed by atoms with Gasteiger partial charge in [-0.05, 0) is 31.5 Å². The number of carbonyl (C=O) groups excluding carboxylic acids is 1. The zero-order chi connectivity index (χ0) is 22.9. The molecule has 2 heterocycles. The van der Waals surface area contributed by atoms with Crippen molar-refractivity contribution in [3.63, 3.8) is 0 Å². The molecule has 0 bridgehead atoms. The van der Waals surface area contributed by atoms with E-state index in [1.165, 1.54) is 6.26 Å². The molecule has 0 unspecified atom stereocenters. The molecule has 2 aromatic rings. The molecule has 1 aromatic carbocycles. The third-order valence-corrected chi connectivity index (χ3v) is 5.36. The van der Waals surface area contributed by atoms with Crippen LogP contribution in [0.3, 0.4) is 0 Å². The van der Waals surface area contributed by atoms with E-state index in [1.54, 1.807) is 33.5 Å². The molecule has 0 saturated carbocycles. The maximum atomic E-state index is 12.5. The molecule has 1 fully saturated rings. The molecule has 1 aliphatic rings. The lowest BCUT2D eigenvalue weighted by Crippen LogP contribution is -2.53. The molecule has 174 valence electrons. The predicted molar refractivity (Wildman–Crippen MR) is 122 cm³/mol. The van der Waals surface area contributed by atoms with Gasteiger partial charge in [0.2, 0.25) is 5.75 Å². The average Bonchev–Trinajstić information content (AvgIpc) is 3.37. The summed E-state index contributed by atoms with van der Waals surface area (Å²) in [6.45, 7) is 6.05. The summed E-state index contributed by atoms with van der Waals surface area (Å²) in [4.78, 5) is 21.3. The van der Waals surface area contributed by atoms with E-state index in [9.17, 15) is 4.79 Å². The first kappa shape index (κ1) is 23.3. The number of piperazine rings is 1. The molecule has 0 aliphatic carbocycles. The summed E-state index contributed by atoms with van der Waals surface area (Å²) in [5.41, 5.74) is 0.999. The van der Waals surface area contributed by atoms with Gasteiger partial charge in [-0.1, -0.05) is 6.07 Å². The summed E-state index contributed by atoms with van der Waals surface area (Å²) in [6, 6.07) is 7.28. The number of methoxy groups -OCH3 is 3. The number of hydrogen-bond donors (Lipinski definition) is 1. The molecule has 0 atom stereocenters. The van der Waals surface area contributed by atoms with Crippen molar-refractivity contribution in [2.24, 2.45) is 4.99 Å². The SMILES string of the molecule is CCNC(=NCCc1ccc(OC)c(OC)c1OC)N1CCN(C(=O)c2ccco2)CC1. The van der Waals surface area contributed by atoms with Crippen LogP contribution in [0.5, 0.6) is 17.2 Å². The lowest BCUT2D eigenvalue weighted by Gasteiger charge is -2.36. The van der Waals surface area contributed by atoms with Gasteiger partial charge in [-0.15, -0.1) is 0 Å². The van der Waals surface area contributed by atoms with E-state index < -0.39 is 0 Å². The van der Waals surface area contributed by atoms with E-state index in [2.05, 4.69) is 10.2 Å². The fourth-order valence-electron chi connectivity index (χ4n) is 3.75. The molecule has 3 rings (SSSR count). The first-order valence-corrected chi connectivity index (χ1v) is 10.8. The minimum atomic E-state index is -0.0721. The summed E-state index contributed by atoms with van der Waals surface area (Å²) in [5, 5.41) is 3.36. The molecule has 1 aromatic heterocycles. The van der Waals surface area contributed by atoms with E-state index in [0.29, 0.717) is 62.2 Å². The second kappa shape index (κ2) is 11.3. The Kier molecular flexibility index (Phi) is 8.24. The third kappa shape index (κ3) is 5.27. The number of nitrogens with one attached hydrogen (secondary N) is 1. The number of nitrogens with zero attached hydrogens (tertiary/aromatic N) is 3. The molecule has 0 radical (unpaired) electrons. The van der Waals surface area contributed by atoms with Crippen LogP contribution in [0, 0.1) is 0 Å². The van der Waals surface area contributed by atoms with Crippen LogP contribution >= 0.6 is 0 Å². The van der Waals surface area contributed by atoms with E-state index in [4.69, 9.17) is 23.6 Å². The van der Waals surface area contributed by atoms with Gasteiger partial charge in [-0.2, -0.15) is 0 Å². The van der Waals surface area contributed by atoms with Crippen molar-refractivity contribution in [2.75, 3.05) is 60.6 Å². The quantitative estimate of drug-likeness (QED) is 0.494. The molecule has 1 saturated heterocycles. The van der Waals surface area contributed by atoms with Gasteiger partial charge in [0.25, 0.3) is 5.91 Å². The molecule has 9 nitrogen and oxygen atoms in total. The second-order valence-electron chi connectivity index (χ2n) is 7.24. The Morgan fingerprint density at radius 1 is 1.03 bits per heavy atom. The zero-order valence-corrected chi connectivity index (χ0v) is 19.2. The Morgan fingerprint density at radius 2 is 1.75 bits per heavy atom. The molecule has 1 amide bonds. The van der Waals surface area contributed by atoms with Crippen molar-refractivity contribution < 1.29 is 23.4 Å². The topological polar surface area (TPSA) is 88.8 Å². The number of rotatable bonds is 8. The van der Waals surface area contributed by atoms with E-state index in [-0.39, 0.29) is 5.91 Å². The van der Waals surface area contributed by atoms with Crippen LogP contribution in [0.15, 0.2) is 39.9 Å². The second-order valence-corrected chi connectivity index (χ2v) is 7.24.